The molecule has 1 amide bonds. The molecule has 2 rings (SSSR count). The minimum Gasteiger partial charge on any atom is -0.346 e. The Morgan fingerprint density at radius 1 is 1.33 bits per heavy atom. The Morgan fingerprint density at radius 3 is 2.71 bits per heavy atom. The van der Waals surface area contributed by atoms with Gasteiger partial charge >= 0.3 is 6.18 Å². The predicted octanol–water partition coefficient (Wildman–Crippen LogP) is 3.13. The first-order valence-electron chi connectivity index (χ1n) is 7.65. The van der Waals surface area contributed by atoms with Gasteiger partial charge < -0.3 is 5.32 Å². The molecule has 1 aromatic heterocycles. The molecule has 0 saturated heterocycles. The van der Waals surface area contributed by atoms with Crippen LogP contribution in [0.1, 0.15) is 43.3 Å². The van der Waals surface area contributed by atoms with Crippen molar-refractivity contribution in [1.82, 2.24) is 20.1 Å². The Bertz CT molecular complexity index is 697. The number of rotatable bonds is 6. The highest BCUT2D eigenvalue weighted by atomic mass is 19.4. The zero-order valence-corrected chi connectivity index (χ0v) is 13.5. The highest BCUT2D eigenvalue weighted by molar-refractivity contribution is 5.79. The summed E-state index contributed by atoms with van der Waals surface area (Å²) in [4.78, 5) is 16.2. The normalized spacial score (nSPS) is 12.9. The Balaban J connectivity index is 2.07. The highest BCUT2D eigenvalue weighted by Gasteiger charge is 2.33. The van der Waals surface area contributed by atoms with Gasteiger partial charge in [0.2, 0.25) is 5.91 Å². The molecule has 0 unspecified atom stereocenters. The Labute approximate surface area is 137 Å². The monoisotopic (exact) mass is 340 g/mol. The summed E-state index contributed by atoms with van der Waals surface area (Å²) >= 11 is 0. The molecule has 0 bridgehead atoms. The van der Waals surface area contributed by atoms with Gasteiger partial charge in [0.05, 0.1) is 18.0 Å². The van der Waals surface area contributed by atoms with Crippen molar-refractivity contribution < 1.29 is 18.0 Å². The van der Waals surface area contributed by atoms with E-state index < -0.39 is 23.7 Å². The van der Waals surface area contributed by atoms with Crippen LogP contribution in [0.3, 0.4) is 0 Å². The fourth-order valence-corrected chi connectivity index (χ4v) is 2.47. The standard InChI is InChI=1S/C16H19F3N4O/c1-3-8-23-15(20-10-21-23)11(2)22-14(24)9-12-6-4-5-7-13(12)16(17,18)19/h4-7,10-11H,3,8-9H2,1-2H3,(H,22,24)/t11-/m1/s1. The molecule has 0 aliphatic carbocycles. The van der Waals surface area contributed by atoms with E-state index >= 15 is 0 Å². The number of nitrogens with one attached hydrogen (secondary N) is 1. The first-order valence-corrected chi connectivity index (χ1v) is 7.65. The minimum absolute atomic E-state index is 0.0512. The fourth-order valence-electron chi connectivity index (χ4n) is 2.47. The number of aryl methyl sites for hydroxylation is 1. The zero-order valence-electron chi connectivity index (χ0n) is 13.5. The fraction of sp³-hybridized carbons (Fsp3) is 0.438. The molecular weight excluding hydrogens is 321 g/mol. The molecule has 1 atom stereocenters. The predicted molar refractivity (Wildman–Crippen MR) is 82.0 cm³/mol. The van der Waals surface area contributed by atoms with Crippen LogP contribution in [-0.4, -0.2) is 20.7 Å². The van der Waals surface area contributed by atoms with E-state index in [1.807, 2.05) is 6.92 Å². The summed E-state index contributed by atoms with van der Waals surface area (Å²) in [6.07, 6.45) is -2.58. The number of nitrogens with zero attached hydrogens (tertiary/aromatic N) is 3. The second kappa shape index (κ2) is 7.46. The largest absolute Gasteiger partial charge is 0.416 e. The average molecular weight is 340 g/mol. The van der Waals surface area contributed by atoms with Gasteiger partial charge in [0.25, 0.3) is 0 Å². The summed E-state index contributed by atoms with van der Waals surface area (Å²) in [6, 6.07) is 4.64. The lowest BCUT2D eigenvalue weighted by atomic mass is 10.0. The van der Waals surface area contributed by atoms with Crippen LogP contribution in [0.15, 0.2) is 30.6 Å². The molecule has 0 aliphatic rings. The van der Waals surface area contributed by atoms with Crippen LogP contribution in [0.4, 0.5) is 13.2 Å². The quantitative estimate of drug-likeness (QED) is 0.879. The summed E-state index contributed by atoms with van der Waals surface area (Å²) < 4.78 is 40.6. The van der Waals surface area contributed by atoms with E-state index in [-0.39, 0.29) is 12.0 Å². The van der Waals surface area contributed by atoms with Gasteiger partial charge in [0.1, 0.15) is 12.2 Å². The second-order valence-electron chi connectivity index (χ2n) is 5.46. The smallest absolute Gasteiger partial charge is 0.346 e. The van der Waals surface area contributed by atoms with Crippen molar-refractivity contribution in [2.24, 2.45) is 0 Å². The number of amides is 1. The molecule has 0 spiro atoms. The summed E-state index contributed by atoms with van der Waals surface area (Å²) in [5, 5.41) is 6.75. The lowest BCUT2D eigenvalue weighted by molar-refractivity contribution is -0.138. The highest BCUT2D eigenvalue weighted by Crippen LogP contribution is 2.32. The summed E-state index contributed by atoms with van der Waals surface area (Å²) in [7, 11) is 0. The maximum Gasteiger partial charge on any atom is 0.416 e. The molecule has 1 heterocycles. The van der Waals surface area contributed by atoms with Gasteiger partial charge in [0, 0.05) is 6.54 Å². The van der Waals surface area contributed by atoms with Crippen molar-refractivity contribution in [3.8, 4) is 0 Å². The molecule has 0 aliphatic heterocycles. The van der Waals surface area contributed by atoms with E-state index in [4.69, 9.17) is 0 Å². The summed E-state index contributed by atoms with van der Waals surface area (Å²) in [5.74, 6) is 0.0829. The molecule has 5 nitrogen and oxygen atoms in total. The van der Waals surface area contributed by atoms with Crippen LogP contribution >= 0.6 is 0 Å². The first-order chi connectivity index (χ1) is 11.3. The van der Waals surface area contributed by atoms with Crippen molar-refractivity contribution in [1.29, 1.82) is 0 Å². The van der Waals surface area contributed by atoms with Crippen LogP contribution < -0.4 is 5.32 Å². The SMILES string of the molecule is CCCn1ncnc1[C@@H](C)NC(=O)Cc1ccccc1C(F)(F)F. The minimum atomic E-state index is -4.48. The molecule has 0 saturated carbocycles. The number of hydrogen-bond donors (Lipinski definition) is 1. The van der Waals surface area contributed by atoms with E-state index in [2.05, 4.69) is 15.4 Å². The molecule has 1 aromatic carbocycles. The molecule has 0 radical (unpaired) electrons. The van der Waals surface area contributed by atoms with Crippen molar-refractivity contribution in [3.63, 3.8) is 0 Å². The molecule has 24 heavy (non-hydrogen) atoms. The van der Waals surface area contributed by atoms with Crippen molar-refractivity contribution in [2.45, 2.75) is 45.5 Å². The van der Waals surface area contributed by atoms with Crippen LogP contribution in [0, 0.1) is 0 Å². The van der Waals surface area contributed by atoms with Crippen LogP contribution in [0.2, 0.25) is 0 Å². The Kier molecular flexibility index (Phi) is 5.58. The van der Waals surface area contributed by atoms with Crippen molar-refractivity contribution in [2.75, 3.05) is 0 Å². The van der Waals surface area contributed by atoms with Gasteiger partial charge in [-0.2, -0.15) is 18.3 Å². The number of carbonyl (C=O) groups is 1. The third-order valence-electron chi connectivity index (χ3n) is 3.52. The third kappa shape index (κ3) is 4.33. The number of carbonyl (C=O) groups excluding carboxylic acids is 1. The van der Waals surface area contributed by atoms with Crippen LogP contribution in [0.5, 0.6) is 0 Å². The van der Waals surface area contributed by atoms with Crippen LogP contribution in [-0.2, 0) is 23.9 Å². The number of alkyl halides is 3. The first kappa shape index (κ1) is 18.0. The molecule has 8 heteroatoms. The van der Waals surface area contributed by atoms with Gasteiger partial charge in [0.15, 0.2) is 0 Å². The van der Waals surface area contributed by atoms with Crippen LogP contribution in [0.25, 0.3) is 0 Å². The Hall–Kier alpha value is -2.38. The molecule has 1 N–H and O–H groups in total. The van der Waals surface area contributed by atoms with Gasteiger partial charge in [-0.1, -0.05) is 25.1 Å². The van der Waals surface area contributed by atoms with E-state index in [1.165, 1.54) is 24.5 Å². The second-order valence-corrected chi connectivity index (χ2v) is 5.46. The number of halogens is 3. The number of hydrogen-bond acceptors (Lipinski definition) is 3. The lowest BCUT2D eigenvalue weighted by Crippen LogP contribution is -2.30. The van der Waals surface area contributed by atoms with E-state index in [1.54, 1.807) is 11.6 Å². The van der Waals surface area contributed by atoms with E-state index in [0.29, 0.717) is 12.4 Å². The van der Waals surface area contributed by atoms with Gasteiger partial charge in [-0.3, -0.25) is 4.79 Å². The third-order valence-corrected chi connectivity index (χ3v) is 3.52. The zero-order chi connectivity index (χ0) is 17.7. The molecule has 2 aromatic rings. The van der Waals surface area contributed by atoms with Gasteiger partial charge in [-0.15, -0.1) is 0 Å². The van der Waals surface area contributed by atoms with Crippen molar-refractivity contribution >= 4 is 5.91 Å². The molecular formula is C16H19F3N4O. The summed E-state index contributed by atoms with van der Waals surface area (Å²) in [6.45, 7) is 4.37. The topological polar surface area (TPSA) is 59.8 Å². The van der Waals surface area contributed by atoms with Gasteiger partial charge in [-0.25, -0.2) is 9.67 Å². The van der Waals surface area contributed by atoms with Crippen molar-refractivity contribution in [3.05, 3.63) is 47.5 Å². The Morgan fingerprint density at radius 2 is 2.04 bits per heavy atom. The van der Waals surface area contributed by atoms with E-state index in [9.17, 15) is 18.0 Å². The van der Waals surface area contributed by atoms with E-state index in [0.717, 1.165) is 12.5 Å². The maximum atomic E-state index is 13.0. The number of aromatic nitrogens is 3. The van der Waals surface area contributed by atoms with Gasteiger partial charge in [-0.05, 0) is 25.0 Å². The maximum absolute atomic E-state index is 13.0. The summed E-state index contributed by atoms with van der Waals surface area (Å²) in [5.41, 5.74) is -0.841. The lowest BCUT2D eigenvalue weighted by Gasteiger charge is -2.16. The number of benzene rings is 1. The molecule has 0 fully saturated rings. The molecule has 130 valence electrons. The average Bonchev–Trinajstić information content (AvgIpc) is 2.95.